The lowest BCUT2D eigenvalue weighted by atomic mass is 9.96. The Balaban J connectivity index is 1.19. The highest BCUT2D eigenvalue weighted by Crippen LogP contribution is 2.35. The first kappa shape index (κ1) is 24.3. The summed E-state index contributed by atoms with van der Waals surface area (Å²) in [5.74, 6) is 0.466. The first-order chi connectivity index (χ1) is 18.9. The van der Waals surface area contributed by atoms with Crippen molar-refractivity contribution in [2.24, 2.45) is 0 Å². The molecule has 2 N–H and O–H groups in total. The molecule has 1 amide bonds. The number of likely N-dealkylation sites (tertiary alicyclic amines) is 1. The molecule has 4 heterocycles. The van der Waals surface area contributed by atoms with Crippen LogP contribution in [-0.2, 0) is 12.8 Å². The van der Waals surface area contributed by atoms with Crippen LogP contribution in [-0.4, -0.2) is 57.3 Å². The number of amides is 1. The number of rotatable bonds is 3. The van der Waals surface area contributed by atoms with E-state index in [0.717, 1.165) is 41.1 Å². The average molecular weight is 522 g/mol. The summed E-state index contributed by atoms with van der Waals surface area (Å²) in [6.07, 6.45) is 9.43. The van der Waals surface area contributed by atoms with E-state index in [-0.39, 0.29) is 5.91 Å². The zero-order chi connectivity index (χ0) is 26.6. The highest BCUT2D eigenvalue weighted by Gasteiger charge is 2.29. The van der Waals surface area contributed by atoms with Crippen molar-refractivity contribution in [3.8, 4) is 28.1 Å². The number of nitrogens with zero attached hydrogens (tertiary/aromatic N) is 3. The summed E-state index contributed by atoms with van der Waals surface area (Å²) >= 11 is 0. The molecule has 39 heavy (non-hydrogen) atoms. The van der Waals surface area contributed by atoms with Gasteiger partial charge >= 0.3 is 0 Å². The van der Waals surface area contributed by atoms with E-state index in [1.165, 1.54) is 55.5 Å². The Morgan fingerprint density at radius 1 is 0.949 bits per heavy atom. The largest absolute Gasteiger partial charge is 0.490 e. The first-order valence-electron chi connectivity index (χ1n) is 14.2. The third kappa shape index (κ3) is 4.59. The van der Waals surface area contributed by atoms with E-state index in [4.69, 9.17) is 4.74 Å². The van der Waals surface area contributed by atoms with Gasteiger partial charge in [0.2, 0.25) is 0 Å². The van der Waals surface area contributed by atoms with Crippen molar-refractivity contribution in [1.82, 2.24) is 25.4 Å². The molecule has 2 aliphatic heterocycles. The van der Waals surface area contributed by atoms with Gasteiger partial charge in [-0.1, -0.05) is 24.3 Å². The maximum Gasteiger partial charge on any atom is 0.255 e. The van der Waals surface area contributed by atoms with Crippen molar-refractivity contribution in [2.75, 3.05) is 19.7 Å². The lowest BCUT2D eigenvalue weighted by Crippen LogP contribution is -2.45. The fraction of sp³-hybridized carbons (Fsp3) is 0.406. The number of aromatic amines is 1. The Kier molecular flexibility index (Phi) is 5.92. The Morgan fingerprint density at radius 3 is 2.59 bits per heavy atom. The van der Waals surface area contributed by atoms with E-state index in [1.807, 2.05) is 38.2 Å². The van der Waals surface area contributed by atoms with E-state index >= 15 is 0 Å². The van der Waals surface area contributed by atoms with Gasteiger partial charge in [-0.2, -0.15) is 5.10 Å². The fourth-order valence-electron chi connectivity index (χ4n) is 6.47. The molecule has 4 aromatic rings. The molecule has 7 rings (SSSR count). The maximum absolute atomic E-state index is 12.7. The van der Waals surface area contributed by atoms with Gasteiger partial charge in [0.15, 0.2) is 5.65 Å². The summed E-state index contributed by atoms with van der Waals surface area (Å²) in [5.41, 5.74) is 7.82. The number of hydrogen-bond donors (Lipinski definition) is 2. The SMILES string of the molecule is CC1(C)COc2cc(-c3[nH]nc4ncc(-c5ccc6c(c5)CCC(N5CCCC5)CC6)cc34)ccc2C(=O)N1. The van der Waals surface area contributed by atoms with Gasteiger partial charge in [0, 0.05) is 28.8 Å². The monoisotopic (exact) mass is 521 g/mol. The maximum atomic E-state index is 12.7. The van der Waals surface area contributed by atoms with Gasteiger partial charge < -0.3 is 15.0 Å². The summed E-state index contributed by atoms with van der Waals surface area (Å²) in [6, 6.07) is 15.5. The number of aryl methyl sites for hydroxylation is 2. The van der Waals surface area contributed by atoms with Gasteiger partial charge in [-0.3, -0.25) is 9.89 Å². The minimum atomic E-state index is -0.432. The molecule has 200 valence electrons. The van der Waals surface area contributed by atoms with Crippen molar-refractivity contribution >= 4 is 16.9 Å². The zero-order valence-corrected chi connectivity index (χ0v) is 22.7. The third-order valence-electron chi connectivity index (χ3n) is 8.66. The number of nitrogens with one attached hydrogen (secondary N) is 2. The molecule has 7 heteroatoms. The van der Waals surface area contributed by atoms with Gasteiger partial charge in [0.1, 0.15) is 12.4 Å². The molecule has 2 aromatic heterocycles. The number of fused-ring (bicyclic) bond motifs is 3. The quantitative estimate of drug-likeness (QED) is 0.346. The Morgan fingerprint density at radius 2 is 1.74 bits per heavy atom. The van der Waals surface area contributed by atoms with Crippen LogP contribution in [0.1, 0.15) is 61.0 Å². The molecule has 0 bridgehead atoms. The van der Waals surface area contributed by atoms with Crippen LogP contribution in [0.3, 0.4) is 0 Å². The third-order valence-corrected chi connectivity index (χ3v) is 8.66. The number of aromatic nitrogens is 3. The number of ether oxygens (including phenoxy) is 1. The van der Waals surface area contributed by atoms with Gasteiger partial charge in [-0.25, -0.2) is 4.98 Å². The van der Waals surface area contributed by atoms with E-state index in [1.54, 1.807) is 0 Å². The second-order valence-corrected chi connectivity index (χ2v) is 12.0. The van der Waals surface area contributed by atoms with Crippen LogP contribution in [0.25, 0.3) is 33.4 Å². The Bertz CT molecular complexity index is 1570. The number of carbonyl (C=O) groups is 1. The molecule has 1 atom stereocenters. The van der Waals surface area contributed by atoms with Crippen LogP contribution in [0.15, 0.2) is 48.7 Å². The lowest BCUT2D eigenvalue weighted by molar-refractivity contribution is 0.0909. The van der Waals surface area contributed by atoms with Crippen molar-refractivity contribution in [1.29, 1.82) is 0 Å². The first-order valence-corrected chi connectivity index (χ1v) is 14.2. The minimum absolute atomic E-state index is 0.118. The highest BCUT2D eigenvalue weighted by molar-refractivity contribution is 5.99. The predicted octanol–water partition coefficient (Wildman–Crippen LogP) is 5.54. The molecule has 7 nitrogen and oxygen atoms in total. The van der Waals surface area contributed by atoms with Crippen LogP contribution < -0.4 is 10.1 Å². The topological polar surface area (TPSA) is 83.1 Å². The Labute approximate surface area is 229 Å². The van der Waals surface area contributed by atoms with Crippen LogP contribution >= 0.6 is 0 Å². The lowest BCUT2D eigenvalue weighted by Gasteiger charge is -2.25. The van der Waals surface area contributed by atoms with E-state index in [0.29, 0.717) is 23.6 Å². The summed E-state index contributed by atoms with van der Waals surface area (Å²) in [6.45, 7) is 6.87. The summed E-state index contributed by atoms with van der Waals surface area (Å²) in [7, 11) is 0. The molecular formula is C32H35N5O2. The molecular weight excluding hydrogens is 486 g/mol. The van der Waals surface area contributed by atoms with Gasteiger partial charge in [-0.15, -0.1) is 0 Å². The summed E-state index contributed by atoms with van der Waals surface area (Å²) < 4.78 is 6.04. The van der Waals surface area contributed by atoms with Gasteiger partial charge in [0.05, 0.1) is 16.8 Å². The predicted molar refractivity (Wildman–Crippen MR) is 153 cm³/mol. The van der Waals surface area contributed by atoms with Crippen molar-refractivity contribution in [3.05, 3.63) is 65.4 Å². The van der Waals surface area contributed by atoms with Crippen LogP contribution in [0.5, 0.6) is 5.75 Å². The molecule has 0 radical (unpaired) electrons. The van der Waals surface area contributed by atoms with E-state index in [2.05, 4.69) is 49.7 Å². The van der Waals surface area contributed by atoms with Crippen LogP contribution in [0.2, 0.25) is 0 Å². The summed E-state index contributed by atoms with van der Waals surface area (Å²) in [5, 5.41) is 11.6. The molecule has 3 aliphatic rings. The minimum Gasteiger partial charge on any atom is -0.490 e. The Hall–Kier alpha value is -3.71. The van der Waals surface area contributed by atoms with Gasteiger partial charge in [-0.05, 0) is 100 Å². The molecule has 1 fully saturated rings. The number of benzene rings is 2. The fourth-order valence-corrected chi connectivity index (χ4v) is 6.47. The molecule has 1 aliphatic carbocycles. The van der Waals surface area contributed by atoms with Gasteiger partial charge in [0.25, 0.3) is 5.91 Å². The average Bonchev–Trinajstić information content (AvgIpc) is 3.55. The molecule has 0 spiro atoms. The van der Waals surface area contributed by atoms with Crippen molar-refractivity contribution in [2.45, 2.75) is 64.0 Å². The number of hydrogen-bond acceptors (Lipinski definition) is 5. The number of pyridine rings is 1. The van der Waals surface area contributed by atoms with E-state index in [9.17, 15) is 4.79 Å². The second kappa shape index (κ2) is 9.49. The van der Waals surface area contributed by atoms with Crippen molar-refractivity contribution in [3.63, 3.8) is 0 Å². The summed E-state index contributed by atoms with van der Waals surface area (Å²) in [4.78, 5) is 20.1. The number of carbonyl (C=O) groups excluding carboxylic acids is 1. The smallest absolute Gasteiger partial charge is 0.255 e. The second-order valence-electron chi connectivity index (χ2n) is 12.0. The molecule has 2 aromatic carbocycles. The van der Waals surface area contributed by atoms with Crippen LogP contribution in [0.4, 0.5) is 0 Å². The number of H-pyrrole nitrogens is 1. The molecule has 0 saturated carbocycles. The van der Waals surface area contributed by atoms with Crippen LogP contribution in [0, 0.1) is 0 Å². The van der Waals surface area contributed by atoms with E-state index < -0.39 is 5.54 Å². The highest BCUT2D eigenvalue weighted by atomic mass is 16.5. The van der Waals surface area contributed by atoms with Crippen molar-refractivity contribution < 1.29 is 9.53 Å². The normalized spacial score (nSPS) is 21.0. The zero-order valence-electron chi connectivity index (χ0n) is 22.7. The molecule has 1 saturated heterocycles. The molecule has 1 unspecified atom stereocenters. The standard InChI is InChI=1S/C32H35N5O2/c1-32(2)19-39-28-17-23(9-12-26(28)31(38)34-32)29-27-16-24(18-33-30(27)36-35-29)22-6-5-20-7-10-25(11-8-21(20)15-22)37-13-3-4-14-37/h5-6,9,12,15-18,25H,3-4,7-8,10-11,13-14,19H2,1-2H3,(H,34,38)(H,33,35,36).